The fourth-order valence-electron chi connectivity index (χ4n) is 1.47. The molecule has 1 heterocycles. The van der Waals surface area contributed by atoms with Crippen molar-refractivity contribution >= 4 is 15.9 Å². The molecule has 0 bridgehead atoms. The summed E-state index contributed by atoms with van der Waals surface area (Å²) in [4.78, 5) is 0. The SMILES string of the molecule is CCCCn1ncc(CBr)c1CC. The molecule has 0 amide bonds. The Balaban J connectivity index is 2.75. The number of rotatable bonds is 5. The van der Waals surface area contributed by atoms with Gasteiger partial charge in [0, 0.05) is 23.1 Å². The van der Waals surface area contributed by atoms with Crippen LogP contribution in [0.15, 0.2) is 6.20 Å². The van der Waals surface area contributed by atoms with E-state index in [0.717, 1.165) is 18.3 Å². The maximum Gasteiger partial charge on any atom is 0.0533 e. The molecule has 0 unspecified atom stereocenters. The van der Waals surface area contributed by atoms with Gasteiger partial charge in [-0.05, 0) is 12.8 Å². The number of unbranched alkanes of at least 4 members (excludes halogenated alkanes) is 1. The first-order valence-electron chi connectivity index (χ1n) is 4.93. The number of hydrogen-bond donors (Lipinski definition) is 0. The van der Waals surface area contributed by atoms with Gasteiger partial charge in [0.1, 0.15) is 0 Å². The summed E-state index contributed by atoms with van der Waals surface area (Å²) < 4.78 is 2.14. The normalized spacial score (nSPS) is 10.7. The Labute approximate surface area is 88.5 Å². The third kappa shape index (κ3) is 2.56. The lowest BCUT2D eigenvalue weighted by Crippen LogP contribution is -2.04. The standard InChI is InChI=1S/C10H17BrN2/c1-3-5-6-13-10(4-2)9(7-11)8-12-13/h8H,3-7H2,1-2H3. The Bertz CT molecular complexity index is 255. The van der Waals surface area contributed by atoms with Gasteiger partial charge in [0.25, 0.3) is 0 Å². The predicted octanol–water partition coefficient (Wildman–Crippen LogP) is 3.14. The molecule has 0 radical (unpaired) electrons. The monoisotopic (exact) mass is 244 g/mol. The van der Waals surface area contributed by atoms with Crippen LogP contribution in [-0.2, 0) is 18.3 Å². The summed E-state index contributed by atoms with van der Waals surface area (Å²) in [7, 11) is 0. The summed E-state index contributed by atoms with van der Waals surface area (Å²) in [6.07, 6.45) is 5.50. The molecule has 0 atom stereocenters. The zero-order valence-electron chi connectivity index (χ0n) is 8.39. The van der Waals surface area contributed by atoms with Gasteiger partial charge in [0.05, 0.1) is 6.20 Å². The summed E-state index contributed by atoms with van der Waals surface area (Å²) in [5, 5.41) is 5.30. The summed E-state index contributed by atoms with van der Waals surface area (Å²) in [5.74, 6) is 0. The number of nitrogens with zero attached hydrogens (tertiary/aromatic N) is 2. The van der Waals surface area contributed by atoms with E-state index in [1.165, 1.54) is 24.1 Å². The topological polar surface area (TPSA) is 17.8 Å². The van der Waals surface area contributed by atoms with E-state index in [-0.39, 0.29) is 0 Å². The van der Waals surface area contributed by atoms with Crippen LogP contribution in [0.4, 0.5) is 0 Å². The van der Waals surface area contributed by atoms with Gasteiger partial charge in [-0.15, -0.1) is 0 Å². The lowest BCUT2D eigenvalue weighted by molar-refractivity contribution is 0.550. The number of aryl methyl sites for hydroxylation is 1. The van der Waals surface area contributed by atoms with E-state index < -0.39 is 0 Å². The molecule has 2 nitrogen and oxygen atoms in total. The largest absolute Gasteiger partial charge is 0.269 e. The quantitative estimate of drug-likeness (QED) is 0.728. The summed E-state index contributed by atoms with van der Waals surface area (Å²) >= 11 is 3.48. The minimum atomic E-state index is 0.919. The maximum absolute atomic E-state index is 4.38. The lowest BCUT2D eigenvalue weighted by atomic mass is 10.2. The molecule has 3 heteroatoms. The van der Waals surface area contributed by atoms with Crippen LogP contribution < -0.4 is 0 Å². The Morgan fingerprint density at radius 1 is 1.46 bits per heavy atom. The number of hydrogen-bond acceptors (Lipinski definition) is 1. The highest BCUT2D eigenvalue weighted by Gasteiger charge is 2.06. The van der Waals surface area contributed by atoms with Crippen LogP contribution in [0, 0.1) is 0 Å². The van der Waals surface area contributed by atoms with Crippen LogP contribution in [0.25, 0.3) is 0 Å². The summed E-state index contributed by atoms with van der Waals surface area (Å²) in [6, 6.07) is 0. The van der Waals surface area contributed by atoms with Gasteiger partial charge in [-0.3, -0.25) is 4.68 Å². The van der Waals surface area contributed by atoms with E-state index >= 15 is 0 Å². The average Bonchev–Trinajstić information content (AvgIpc) is 2.56. The van der Waals surface area contributed by atoms with Crippen molar-refractivity contribution in [1.82, 2.24) is 9.78 Å². The van der Waals surface area contributed by atoms with E-state index in [4.69, 9.17) is 0 Å². The van der Waals surface area contributed by atoms with Gasteiger partial charge in [-0.2, -0.15) is 5.10 Å². The molecule has 13 heavy (non-hydrogen) atoms. The molecular formula is C10H17BrN2. The Morgan fingerprint density at radius 3 is 2.77 bits per heavy atom. The highest BCUT2D eigenvalue weighted by Crippen LogP contribution is 2.13. The second-order valence-corrected chi connectivity index (χ2v) is 3.74. The van der Waals surface area contributed by atoms with Gasteiger partial charge < -0.3 is 0 Å². The molecule has 1 rings (SSSR count). The maximum atomic E-state index is 4.38. The van der Waals surface area contributed by atoms with Crippen LogP contribution in [0.2, 0.25) is 0 Å². The summed E-state index contributed by atoms with van der Waals surface area (Å²) in [5.41, 5.74) is 2.71. The van der Waals surface area contributed by atoms with Gasteiger partial charge in [-0.25, -0.2) is 0 Å². The van der Waals surface area contributed by atoms with Crippen molar-refractivity contribution in [2.75, 3.05) is 0 Å². The fourth-order valence-corrected chi connectivity index (χ4v) is 1.94. The van der Waals surface area contributed by atoms with Crippen molar-refractivity contribution in [2.24, 2.45) is 0 Å². The minimum Gasteiger partial charge on any atom is -0.269 e. The van der Waals surface area contributed by atoms with Gasteiger partial charge in [0.2, 0.25) is 0 Å². The third-order valence-electron chi connectivity index (χ3n) is 2.24. The first kappa shape index (κ1) is 10.8. The number of aromatic nitrogens is 2. The molecular weight excluding hydrogens is 228 g/mol. The number of alkyl halides is 1. The van der Waals surface area contributed by atoms with Crippen LogP contribution in [0.1, 0.15) is 37.9 Å². The molecule has 0 fully saturated rings. The Morgan fingerprint density at radius 2 is 2.23 bits per heavy atom. The molecule has 74 valence electrons. The van der Waals surface area contributed by atoms with Crippen molar-refractivity contribution < 1.29 is 0 Å². The molecule has 0 saturated heterocycles. The van der Waals surface area contributed by atoms with Gasteiger partial charge in [-0.1, -0.05) is 36.2 Å². The smallest absolute Gasteiger partial charge is 0.0533 e. The molecule has 0 saturated carbocycles. The second kappa shape index (κ2) is 5.43. The van der Waals surface area contributed by atoms with Crippen molar-refractivity contribution in [3.63, 3.8) is 0 Å². The Hall–Kier alpha value is -0.310. The van der Waals surface area contributed by atoms with Gasteiger partial charge >= 0.3 is 0 Å². The molecule has 0 N–H and O–H groups in total. The van der Waals surface area contributed by atoms with Crippen molar-refractivity contribution in [1.29, 1.82) is 0 Å². The fraction of sp³-hybridized carbons (Fsp3) is 0.700. The van der Waals surface area contributed by atoms with Crippen molar-refractivity contribution in [3.8, 4) is 0 Å². The zero-order valence-corrected chi connectivity index (χ0v) is 9.97. The lowest BCUT2D eigenvalue weighted by Gasteiger charge is -2.05. The second-order valence-electron chi connectivity index (χ2n) is 3.18. The van der Waals surface area contributed by atoms with Crippen LogP contribution in [0.3, 0.4) is 0 Å². The highest BCUT2D eigenvalue weighted by molar-refractivity contribution is 9.08. The number of halogens is 1. The molecule has 1 aromatic heterocycles. The minimum absolute atomic E-state index is 0.919. The molecule has 0 aromatic carbocycles. The predicted molar refractivity (Wildman–Crippen MR) is 59.1 cm³/mol. The van der Waals surface area contributed by atoms with E-state index in [1.54, 1.807) is 0 Å². The van der Waals surface area contributed by atoms with E-state index in [2.05, 4.69) is 39.6 Å². The van der Waals surface area contributed by atoms with E-state index in [0.29, 0.717) is 0 Å². The van der Waals surface area contributed by atoms with Crippen molar-refractivity contribution in [2.45, 2.75) is 45.0 Å². The molecule has 0 aliphatic heterocycles. The molecule has 0 aliphatic carbocycles. The molecule has 1 aromatic rings. The molecule has 0 aliphatic rings. The molecule has 0 spiro atoms. The van der Waals surface area contributed by atoms with Gasteiger partial charge in [0.15, 0.2) is 0 Å². The Kier molecular flexibility index (Phi) is 4.50. The summed E-state index contributed by atoms with van der Waals surface area (Å²) in [6.45, 7) is 5.46. The van der Waals surface area contributed by atoms with E-state index in [9.17, 15) is 0 Å². The highest BCUT2D eigenvalue weighted by atomic mass is 79.9. The zero-order chi connectivity index (χ0) is 9.68. The van der Waals surface area contributed by atoms with Crippen molar-refractivity contribution in [3.05, 3.63) is 17.5 Å². The van der Waals surface area contributed by atoms with Crippen LogP contribution in [0.5, 0.6) is 0 Å². The van der Waals surface area contributed by atoms with E-state index in [1.807, 2.05) is 6.20 Å². The first-order chi connectivity index (χ1) is 6.33. The van der Waals surface area contributed by atoms with Crippen LogP contribution in [-0.4, -0.2) is 9.78 Å². The third-order valence-corrected chi connectivity index (χ3v) is 2.84. The average molecular weight is 245 g/mol. The van der Waals surface area contributed by atoms with Crippen LogP contribution >= 0.6 is 15.9 Å². The first-order valence-corrected chi connectivity index (χ1v) is 6.05.